The van der Waals surface area contributed by atoms with Gasteiger partial charge in [0.15, 0.2) is 5.76 Å². The summed E-state index contributed by atoms with van der Waals surface area (Å²) >= 11 is 0. The van der Waals surface area contributed by atoms with E-state index in [1.807, 2.05) is 0 Å². The molecule has 3 aromatic rings. The third kappa shape index (κ3) is 3.76. The summed E-state index contributed by atoms with van der Waals surface area (Å²) in [7, 11) is 1.59. The standard InChI is InChI=1S/C21H20FN9O2/c1-10-12-5-11(22)3-4-15(12)31-18(27-9-28-21(31)32)7-14-19(16(8-23)30(2)29-14)13(24)6-17(33-10)20(25)26/h3-6,9-10H,7,24-26H2,1-2H3/b13-6-. The lowest BCUT2D eigenvalue weighted by molar-refractivity contribution is 0.139. The molecule has 3 heterocycles. The molecule has 1 unspecified atom stereocenters. The third-order valence-electron chi connectivity index (χ3n) is 5.21. The van der Waals surface area contributed by atoms with Crippen molar-refractivity contribution in [1.29, 1.82) is 5.26 Å². The number of allylic oxidation sites excluding steroid dienone is 1. The largest absolute Gasteiger partial charge is 0.482 e. The summed E-state index contributed by atoms with van der Waals surface area (Å²) < 4.78 is 22.7. The number of nitrogens with two attached hydrogens (primary N) is 3. The molecule has 168 valence electrons. The van der Waals surface area contributed by atoms with Gasteiger partial charge in [-0.2, -0.15) is 15.3 Å². The second-order valence-corrected chi connectivity index (χ2v) is 7.37. The fourth-order valence-corrected chi connectivity index (χ4v) is 3.73. The predicted octanol–water partition coefficient (Wildman–Crippen LogP) is 0.440. The molecule has 1 aliphatic heterocycles. The zero-order valence-electron chi connectivity index (χ0n) is 17.8. The van der Waals surface area contributed by atoms with Gasteiger partial charge in [0, 0.05) is 24.4 Å². The van der Waals surface area contributed by atoms with Gasteiger partial charge in [0.2, 0.25) is 0 Å². The molecule has 2 aromatic heterocycles. The number of ether oxygens (including phenoxy) is 1. The van der Waals surface area contributed by atoms with E-state index in [0.717, 1.165) is 6.33 Å². The lowest BCUT2D eigenvalue weighted by Gasteiger charge is -2.22. The van der Waals surface area contributed by atoms with Gasteiger partial charge >= 0.3 is 5.69 Å². The molecule has 0 saturated heterocycles. The number of nitrogens with zero attached hydrogens (tertiary/aromatic N) is 6. The highest BCUT2D eigenvalue weighted by Gasteiger charge is 2.25. The first-order valence-electron chi connectivity index (χ1n) is 9.79. The third-order valence-corrected chi connectivity index (χ3v) is 5.21. The monoisotopic (exact) mass is 449 g/mol. The minimum Gasteiger partial charge on any atom is -0.482 e. The van der Waals surface area contributed by atoms with Crippen LogP contribution < -0.4 is 22.9 Å². The molecule has 1 aromatic carbocycles. The van der Waals surface area contributed by atoms with Crippen molar-refractivity contribution in [2.24, 2.45) is 24.2 Å². The van der Waals surface area contributed by atoms with Crippen LogP contribution in [-0.2, 0) is 18.2 Å². The van der Waals surface area contributed by atoms with E-state index in [4.69, 9.17) is 21.9 Å². The molecule has 0 fully saturated rings. The van der Waals surface area contributed by atoms with Crippen molar-refractivity contribution in [3.05, 3.63) is 86.8 Å². The van der Waals surface area contributed by atoms with Crippen LogP contribution in [0.25, 0.3) is 11.4 Å². The van der Waals surface area contributed by atoms with Crippen molar-refractivity contribution in [2.75, 3.05) is 0 Å². The number of aromatic nitrogens is 5. The molecular formula is C21H20FN9O2. The van der Waals surface area contributed by atoms with Crippen LogP contribution in [0.5, 0.6) is 0 Å². The topological polar surface area (TPSA) is 177 Å². The SMILES string of the molecule is CC1OC(=C(N)N)/C=C(\N)c2c(nn(C)c2C#N)Cc2ncnc(=O)n2-c2ccc(F)cc21. The Morgan fingerprint density at radius 2 is 2.09 bits per heavy atom. The first-order chi connectivity index (χ1) is 15.7. The van der Waals surface area contributed by atoms with Crippen molar-refractivity contribution < 1.29 is 9.13 Å². The quantitative estimate of drug-likeness (QED) is 0.439. The first kappa shape index (κ1) is 21.6. The van der Waals surface area contributed by atoms with Gasteiger partial charge in [-0.15, -0.1) is 0 Å². The Kier molecular flexibility index (Phi) is 5.31. The number of nitriles is 1. The Morgan fingerprint density at radius 3 is 2.79 bits per heavy atom. The highest BCUT2D eigenvalue weighted by atomic mass is 19.1. The Balaban J connectivity index is 2.10. The fraction of sp³-hybridized carbons (Fsp3) is 0.190. The predicted molar refractivity (Wildman–Crippen MR) is 115 cm³/mol. The minimum atomic E-state index is -0.806. The van der Waals surface area contributed by atoms with Crippen LogP contribution in [0, 0.1) is 17.1 Å². The molecule has 0 amide bonds. The summed E-state index contributed by atoms with van der Waals surface area (Å²) in [6.45, 7) is 1.64. The van der Waals surface area contributed by atoms with Gasteiger partial charge in [-0.1, -0.05) is 0 Å². The molecule has 12 heteroatoms. The van der Waals surface area contributed by atoms with E-state index < -0.39 is 17.6 Å². The summed E-state index contributed by atoms with van der Waals surface area (Å²) in [6, 6.07) is 5.97. The van der Waals surface area contributed by atoms with E-state index in [1.54, 1.807) is 14.0 Å². The molecule has 1 aliphatic rings. The molecule has 11 nitrogen and oxygen atoms in total. The van der Waals surface area contributed by atoms with E-state index in [1.165, 1.54) is 33.5 Å². The normalized spacial score (nSPS) is 17.1. The zero-order valence-corrected chi connectivity index (χ0v) is 17.8. The number of halogens is 1. The van der Waals surface area contributed by atoms with Crippen molar-refractivity contribution in [1.82, 2.24) is 24.3 Å². The lowest BCUT2D eigenvalue weighted by atomic mass is 10.0. The maximum absolute atomic E-state index is 14.2. The van der Waals surface area contributed by atoms with E-state index in [2.05, 4.69) is 21.1 Å². The Hall–Kier alpha value is -4.66. The van der Waals surface area contributed by atoms with E-state index in [-0.39, 0.29) is 35.2 Å². The molecule has 6 N–H and O–H groups in total. The maximum atomic E-state index is 14.2. The van der Waals surface area contributed by atoms with Crippen LogP contribution in [0.2, 0.25) is 0 Å². The van der Waals surface area contributed by atoms with Gasteiger partial charge in [-0.3, -0.25) is 4.68 Å². The molecule has 1 atom stereocenters. The maximum Gasteiger partial charge on any atom is 0.355 e. The number of benzene rings is 1. The van der Waals surface area contributed by atoms with Crippen LogP contribution in [-0.4, -0.2) is 24.3 Å². The van der Waals surface area contributed by atoms with E-state index >= 15 is 0 Å². The van der Waals surface area contributed by atoms with Gasteiger partial charge in [-0.25, -0.2) is 18.7 Å². The van der Waals surface area contributed by atoms with Crippen LogP contribution in [0.1, 0.15) is 41.4 Å². The van der Waals surface area contributed by atoms with E-state index in [0.29, 0.717) is 22.5 Å². The minimum absolute atomic E-state index is 0.0198. The van der Waals surface area contributed by atoms with Crippen molar-refractivity contribution in [2.45, 2.75) is 19.4 Å². The van der Waals surface area contributed by atoms with Gasteiger partial charge in [-0.05, 0) is 25.1 Å². The van der Waals surface area contributed by atoms with Crippen LogP contribution >= 0.6 is 0 Å². The Labute approximate surface area is 187 Å². The number of aryl methyl sites for hydroxylation is 1. The smallest absolute Gasteiger partial charge is 0.355 e. The second-order valence-electron chi connectivity index (χ2n) is 7.37. The molecule has 0 spiro atoms. The Bertz CT molecular complexity index is 1420. The van der Waals surface area contributed by atoms with Crippen molar-refractivity contribution >= 4 is 5.70 Å². The number of hydrogen-bond acceptors (Lipinski definition) is 9. The molecule has 0 bridgehead atoms. The molecule has 4 rings (SSSR count). The van der Waals surface area contributed by atoms with Crippen molar-refractivity contribution in [3.8, 4) is 11.8 Å². The number of rotatable bonds is 0. The average Bonchev–Trinajstić information content (AvgIpc) is 3.07. The highest BCUT2D eigenvalue weighted by molar-refractivity contribution is 5.71. The summed E-state index contributed by atoms with van der Waals surface area (Å²) in [5, 5.41) is 14.1. The molecule has 0 radical (unpaired) electrons. The van der Waals surface area contributed by atoms with E-state index in [9.17, 15) is 14.4 Å². The summed E-state index contributed by atoms with van der Waals surface area (Å²) in [5.41, 5.74) is 19.0. The van der Waals surface area contributed by atoms with Gasteiger partial charge in [0.05, 0.1) is 23.4 Å². The van der Waals surface area contributed by atoms with Crippen LogP contribution in [0.3, 0.4) is 0 Å². The second kappa shape index (κ2) is 8.12. The van der Waals surface area contributed by atoms with Crippen LogP contribution in [0.4, 0.5) is 4.39 Å². The van der Waals surface area contributed by atoms with Crippen LogP contribution in [0.15, 0.2) is 47.0 Å². The number of hydrogen-bond donors (Lipinski definition) is 3. The molecular weight excluding hydrogens is 429 g/mol. The Morgan fingerprint density at radius 1 is 1.33 bits per heavy atom. The highest BCUT2D eigenvalue weighted by Crippen LogP contribution is 2.31. The fourth-order valence-electron chi connectivity index (χ4n) is 3.73. The first-order valence-corrected chi connectivity index (χ1v) is 9.79. The zero-order chi connectivity index (χ0) is 23.9. The number of fused-ring (bicyclic) bond motifs is 4. The molecule has 33 heavy (non-hydrogen) atoms. The van der Waals surface area contributed by atoms with Gasteiger partial charge in [0.25, 0.3) is 0 Å². The van der Waals surface area contributed by atoms with Crippen molar-refractivity contribution in [3.63, 3.8) is 0 Å². The average molecular weight is 449 g/mol. The summed E-state index contributed by atoms with van der Waals surface area (Å²) in [4.78, 5) is 20.8. The molecule has 0 saturated carbocycles. The van der Waals surface area contributed by atoms with Gasteiger partial charge < -0.3 is 21.9 Å². The summed E-state index contributed by atoms with van der Waals surface area (Å²) in [5.74, 6) is -0.424. The lowest BCUT2D eigenvalue weighted by Crippen LogP contribution is -2.28. The van der Waals surface area contributed by atoms with Gasteiger partial charge in [0.1, 0.15) is 41.7 Å². The molecule has 0 aliphatic carbocycles. The summed E-state index contributed by atoms with van der Waals surface area (Å²) in [6.07, 6.45) is 1.74.